The van der Waals surface area contributed by atoms with Crippen LogP contribution in [0.2, 0.25) is 0 Å². The van der Waals surface area contributed by atoms with E-state index in [2.05, 4.69) is 9.46 Å². The zero-order valence-electron chi connectivity index (χ0n) is 20.1. The number of benzene rings is 3. The van der Waals surface area contributed by atoms with Crippen LogP contribution < -0.4 is 9.46 Å². The molecule has 4 nitrogen and oxygen atoms in total. The van der Waals surface area contributed by atoms with E-state index in [1.807, 2.05) is 0 Å². The first-order valence-corrected chi connectivity index (χ1v) is 12.2. The van der Waals surface area contributed by atoms with Gasteiger partial charge in [-0.1, -0.05) is 36.4 Å². The van der Waals surface area contributed by atoms with E-state index in [0.717, 1.165) is 24.3 Å². The summed E-state index contributed by atoms with van der Waals surface area (Å²) in [6.07, 6.45) is -9.19. The number of halogens is 6. The Labute approximate surface area is 213 Å². The summed E-state index contributed by atoms with van der Waals surface area (Å²) in [6.45, 7) is 4.94. The first-order chi connectivity index (χ1) is 17.1. The Balaban J connectivity index is 2.32. The largest absolute Gasteiger partial charge is 0.598 e. The van der Waals surface area contributed by atoms with Crippen LogP contribution in [0.5, 0.6) is 11.5 Å². The van der Waals surface area contributed by atoms with E-state index >= 15 is 0 Å². The standard InChI is InChI=1S/C26H25F6NO3S/c1-24(2,3)37(35)33-25(15-16-7-5-4-6-8-16,17-9-10-21(28)22(34)13-17)18-11-19(27)14-20(12-18)36-26(31,32)23(29)30/h4-14,23,33-34H,15H2,1-3H3/t25-,37?/m1/s1. The first kappa shape index (κ1) is 28.7. The highest BCUT2D eigenvalue weighted by molar-refractivity contribution is 7.90. The molecular formula is C26H25F6NO3S. The Hall–Kier alpha value is -2.89. The third kappa shape index (κ3) is 6.71. The van der Waals surface area contributed by atoms with Crippen molar-refractivity contribution in [3.63, 3.8) is 0 Å². The number of phenolic OH excluding ortho intramolecular Hbond substituents is 1. The number of hydrogen-bond acceptors (Lipinski definition) is 4. The molecule has 0 spiro atoms. The maximum Gasteiger partial charge on any atom is 0.461 e. The Morgan fingerprint density at radius 2 is 1.59 bits per heavy atom. The van der Waals surface area contributed by atoms with Gasteiger partial charge in [0.15, 0.2) is 11.6 Å². The van der Waals surface area contributed by atoms with Gasteiger partial charge >= 0.3 is 12.5 Å². The number of alkyl halides is 4. The molecule has 3 aromatic rings. The molecule has 0 amide bonds. The highest BCUT2D eigenvalue weighted by Crippen LogP contribution is 2.40. The average molecular weight is 546 g/mol. The SMILES string of the molecule is CC(C)(C)[S+]([O-])N[C@@](Cc1ccccc1)(c1cc(F)cc(OC(F)(F)C(F)F)c1)c1ccc(F)c(O)c1. The Bertz CT molecular complexity index is 1220. The summed E-state index contributed by atoms with van der Waals surface area (Å²) in [5, 5.41) is 10.1. The van der Waals surface area contributed by atoms with Gasteiger partial charge in [0.2, 0.25) is 0 Å². The molecule has 0 radical (unpaired) electrons. The predicted molar refractivity (Wildman–Crippen MR) is 128 cm³/mol. The maximum atomic E-state index is 14.8. The number of nitrogens with one attached hydrogen (secondary N) is 1. The first-order valence-electron chi connectivity index (χ1n) is 11.0. The maximum absolute atomic E-state index is 14.8. The van der Waals surface area contributed by atoms with E-state index in [1.54, 1.807) is 51.1 Å². The summed E-state index contributed by atoms with van der Waals surface area (Å²) >= 11 is -1.89. The van der Waals surface area contributed by atoms with Crippen LogP contribution >= 0.6 is 0 Å². The third-order valence-corrected chi connectivity index (χ3v) is 7.09. The van der Waals surface area contributed by atoms with E-state index in [0.29, 0.717) is 11.6 Å². The van der Waals surface area contributed by atoms with Crippen molar-refractivity contribution in [1.82, 2.24) is 4.72 Å². The molecule has 0 bridgehead atoms. The lowest BCUT2D eigenvalue weighted by Gasteiger charge is -2.39. The molecule has 2 N–H and O–H groups in total. The molecule has 0 saturated carbocycles. The van der Waals surface area contributed by atoms with Crippen molar-refractivity contribution >= 4 is 11.4 Å². The van der Waals surface area contributed by atoms with E-state index < -0.39 is 57.3 Å². The normalized spacial score (nSPS) is 14.9. The minimum atomic E-state index is -4.91. The lowest BCUT2D eigenvalue weighted by atomic mass is 9.78. The second-order valence-electron chi connectivity index (χ2n) is 9.36. The molecule has 1 unspecified atom stereocenters. The molecule has 11 heteroatoms. The molecule has 0 heterocycles. The fourth-order valence-corrected chi connectivity index (χ4v) is 4.52. The van der Waals surface area contributed by atoms with Crippen molar-refractivity contribution < 1.29 is 40.7 Å². The van der Waals surface area contributed by atoms with Crippen LogP contribution in [-0.2, 0) is 23.3 Å². The zero-order chi connectivity index (χ0) is 27.6. The minimum absolute atomic E-state index is 0.0884. The quantitative estimate of drug-likeness (QED) is 0.240. The average Bonchev–Trinajstić information content (AvgIpc) is 2.79. The van der Waals surface area contributed by atoms with Gasteiger partial charge in [-0.2, -0.15) is 17.6 Å². The Morgan fingerprint density at radius 3 is 2.16 bits per heavy atom. The smallest absolute Gasteiger partial charge is 0.461 e. The predicted octanol–water partition coefficient (Wildman–Crippen LogP) is 6.45. The van der Waals surface area contributed by atoms with Gasteiger partial charge in [-0.25, -0.2) is 8.78 Å². The van der Waals surface area contributed by atoms with Crippen LogP contribution in [0.15, 0.2) is 66.7 Å². The van der Waals surface area contributed by atoms with Crippen molar-refractivity contribution in [1.29, 1.82) is 0 Å². The summed E-state index contributed by atoms with van der Waals surface area (Å²) in [6, 6.07) is 14.1. The van der Waals surface area contributed by atoms with Gasteiger partial charge < -0.3 is 14.4 Å². The molecule has 2 atom stereocenters. The summed E-state index contributed by atoms with van der Waals surface area (Å²) in [4.78, 5) is 0. The summed E-state index contributed by atoms with van der Waals surface area (Å²) < 4.78 is 101. The molecule has 0 fully saturated rings. The number of phenols is 1. The van der Waals surface area contributed by atoms with Crippen LogP contribution in [0.3, 0.4) is 0 Å². The van der Waals surface area contributed by atoms with Gasteiger partial charge in [-0.05, 0) is 61.7 Å². The topological polar surface area (TPSA) is 64.5 Å². The van der Waals surface area contributed by atoms with E-state index in [1.165, 1.54) is 6.07 Å². The molecule has 3 aromatic carbocycles. The highest BCUT2D eigenvalue weighted by Gasteiger charge is 2.46. The molecule has 0 aliphatic heterocycles. The number of ether oxygens (including phenoxy) is 1. The van der Waals surface area contributed by atoms with Crippen LogP contribution in [-0.4, -0.2) is 26.9 Å². The number of aromatic hydroxyl groups is 1. The van der Waals surface area contributed by atoms with Crippen LogP contribution in [0.4, 0.5) is 26.3 Å². The lowest BCUT2D eigenvalue weighted by molar-refractivity contribution is -0.253. The molecular weight excluding hydrogens is 520 g/mol. The number of rotatable bonds is 9. The molecule has 200 valence electrons. The van der Waals surface area contributed by atoms with Gasteiger partial charge in [0.05, 0.1) is 0 Å². The summed E-state index contributed by atoms with van der Waals surface area (Å²) in [7, 11) is 0. The van der Waals surface area contributed by atoms with Gasteiger partial charge in [0.1, 0.15) is 21.9 Å². The van der Waals surface area contributed by atoms with Gasteiger partial charge in [-0.3, -0.25) is 0 Å². The summed E-state index contributed by atoms with van der Waals surface area (Å²) in [5.41, 5.74) is -1.16. The second-order valence-corrected chi connectivity index (χ2v) is 11.3. The van der Waals surface area contributed by atoms with E-state index in [9.17, 15) is 36.0 Å². The molecule has 3 rings (SSSR count). The van der Waals surface area contributed by atoms with Gasteiger partial charge in [-0.15, -0.1) is 4.72 Å². The molecule has 0 aliphatic rings. The fraction of sp³-hybridized carbons (Fsp3) is 0.308. The monoisotopic (exact) mass is 545 g/mol. The fourth-order valence-electron chi connectivity index (χ4n) is 3.59. The van der Waals surface area contributed by atoms with E-state index in [4.69, 9.17) is 0 Å². The van der Waals surface area contributed by atoms with Crippen molar-refractivity contribution in [2.75, 3.05) is 0 Å². The van der Waals surface area contributed by atoms with Crippen molar-refractivity contribution in [3.05, 3.63) is 95.1 Å². The third-order valence-electron chi connectivity index (χ3n) is 5.45. The van der Waals surface area contributed by atoms with Crippen molar-refractivity contribution in [2.24, 2.45) is 0 Å². The highest BCUT2D eigenvalue weighted by atomic mass is 32.2. The summed E-state index contributed by atoms with van der Waals surface area (Å²) in [5.74, 6) is -3.75. The van der Waals surface area contributed by atoms with E-state index in [-0.39, 0.29) is 17.5 Å². The minimum Gasteiger partial charge on any atom is -0.598 e. The molecule has 0 aliphatic carbocycles. The molecule has 37 heavy (non-hydrogen) atoms. The van der Waals surface area contributed by atoms with Gasteiger partial charge in [0.25, 0.3) is 0 Å². The molecule has 0 saturated heterocycles. The number of hydrogen-bond donors (Lipinski definition) is 2. The molecule has 0 aromatic heterocycles. The Kier molecular flexibility index (Phi) is 8.40. The lowest BCUT2D eigenvalue weighted by Crippen LogP contribution is -2.53. The Morgan fingerprint density at radius 1 is 0.946 bits per heavy atom. The van der Waals surface area contributed by atoms with Gasteiger partial charge in [0, 0.05) is 23.8 Å². The van der Waals surface area contributed by atoms with Crippen LogP contribution in [0.1, 0.15) is 37.5 Å². The second kappa shape index (κ2) is 10.8. The van der Waals surface area contributed by atoms with Crippen LogP contribution in [0, 0.1) is 11.6 Å². The van der Waals surface area contributed by atoms with Crippen molar-refractivity contribution in [3.8, 4) is 11.5 Å². The zero-order valence-corrected chi connectivity index (χ0v) is 20.9. The van der Waals surface area contributed by atoms with Crippen molar-refractivity contribution in [2.45, 2.75) is 50.0 Å². The van der Waals surface area contributed by atoms with Crippen LogP contribution in [0.25, 0.3) is 0 Å².